The normalized spacial score (nSPS) is 12.8. The first kappa shape index (κ1) is 34.5. The van der Waals surface area contributed by atoms with Crippen molar-refractivity contribution >= 4 is 47.8 Å². The summed E-state index contributed by atoms with van der Waals surface area (Å²) >= 11 is 10.8. The standard InChI is InChI=1S/C32H46ClN3O4S/c1-7-9-10-11-12-20-36(30(38)26(21-41)34-31(39)40-32(4,5)6)28(24-18-16-23(8-2)17-19-24)29(37)35-27-22(3)14-13-15-25(27)33/h13-19,26,28,41H,7-12,20-21H2,1-6H3,(H,34,39)(H,35,37). The number of carbonyl (C=O) groups excluding carboxylic acids is 3. The molecule has 0 spiro atoms. The number of aryl methyl sites for hydroxylation is 2. The molecule has 0 aliphatic heterocycles. The molecule has 0 aromatic heterocycles. The quantitative estimate of drug-likeness (QED) is 0.154. The molecule has 41 heavy (non-hydrogen) atoms. The number of rotatable bonds is 14. The van der Waals surface area contributed by atoms with Gasteiger partial charge in [-0.05, 0) is 63.3 Å². The van der Waals surface area contributed by atoms with Crippen LogP contribution in [0.15, 0.2) is 42.5 Å². The van der Waals surface area contributed by atoms with Crippen molar-refractivity contribution in [3.63, 3.8) is 0 Å². The number of carbonyl (C=O) groups is 3. The SMILES string of the molecule is CCCCCCCN(C(=O)C(CS)NC(=O)OC(C)(C)C)C(C(=O)Nc1c(C)cccc1Cl)c1ccc(CC)cc1. The molecule has 2 N–H and O–H groups in total. The lowest BCUT2D eigenvalue weighted by atomic mass is 9.99. The van der Waals surface area contributed by atoms with Crippen LogP contribution < -0.4 is 10.6 Å². The fourth-order valence-corrected chi connectivity index (χ4v) is 4.99. The molecular weight excluding hydrogens is 558 g/mol. The Labute approximate surface area is 256 Å². The van der Waals surface area contributed by atoms with Crippen LogP contribution in [0.5, 0.6) is 0 Å². The van der Waals surface area contributed by atoms with Crippen molar-refractivity contribution in [2.75, 3.05) is 17.6 Å². The van der Waals surface area contributed by atoms with Gasteiger partial charge in [-0.25, -0.2) is 4.79 Å². The van der Waals surface area contributed by atoms with E-state index in [9.17, 15) is 14.4 Å². The minimum atomic E-state index is -0.990. The van der Waals surface area contributed by atoms with E-state index in [1.807, 2.05) is 43.3 Å². The van der Waals surface area contributed by atoms with Gasteiger partial charge in [-0.1, -0.05) is 87.5 Å². The third kappa shape index (κ3) is 10.9. The molecule has 2 atom stereocenters. The highest BCUT2D eigenvalue weighted by molar-refractivity contribution is 7.80. The van der Waals surface area contributed by atoms with E-state index in [2.05, 4.69) is 37.1 Å². The predicted molar refractivity (Wildman–Crippen MR) is 171 cm³/mol. The lowest BCUT2D eigenvalue weighted by Gasteiger charge is -2.34. The van der Waals surface area contributed by atoms with Gasteiger partial charge < -0.3 is 20.3 Å². The molecule has 9 heteroatoms. The maximum Gasteiger partial charge on any atom is 0.408 e. The van der Waals surface area contributed by atoms with E-state index in [0.29, 0.717) is 29.2 Å². The Morgan fingerprint density at radius 3 is 2.22 bits per heavy atom. The highest BCUT2D eigenvalue weighted by Crippen LogP contribution is 2.30. The largest absolute Gasteiger partial charge is 0.444 e. The van der Waals surface area contributed by atoms with E-state index in [1.54, 1.807) is 31.7 Å². The number of halogens is 1. The second-order valence-electron chi connectivity index (χ2n) is 11.2. The molecule has 0 bridgehead atoms. The Bertz CT molecular complexity index is 1130. The molecule has 0 saturated heterocycles. The second kappa shape index (κ2) is 16.7. The number of thiol groups is 1. The van der Waals surface area contributed by atoms with Crippen molar-refractivity contribution in [3.8, 4) is 0 Å². The van der Waals surface area contributed by atoms with E-state index < -0.39 is 29.7 Å². The molecule has 2 aromatic carbocycles. The minimum absolute atomic E-state index is 0.0388. The Kier molecular flexibility index (Phi) is 14.0. The lowest BCUT2D eigenvalue weighted by molar-refractivity contribution is -0.140. The molecule has 0 fully saturated rings. The molecule has 0 aliphatic rings. The van der Waals surface area contributed by atoms with Gasteiger partial charge in [0.1, 0.15) is 17.7 Å². The number of hydrogen-bond acceptors (Lipinski definition) is 5. The van der Waals surface area contributed by atoms with E-state index in [4.69, 9.17) is 16.3 Å². The average molecular weight is 604 g/mol. The summed E-state index contributed by atoms with van der Waals surface area (Å²) < 4.78 is 5.40. The number of unbranched alkanes of at least 4 members (excludes halogenated alkanes) is 4. The van der Waals surface area contributed by atoms with Crippen LogP contribution in [-0.2, 0) is 20.7 Å². The Morgan fingerprint density at radius 1 is 1.00 bits per heavy atom. The number of nitrogens with one attached hydrogen (secondary N) is 2. The predicted octanol–water partition coefficient (Wildman–Crippen LogP) is 7.51. The van der Waals surface area contributed by atoms with Gasteiger partial charge in [0.25, 0.3) is 5.91 Å². The minimum Gasteiger partial charge on any atom is -0.444 e. The molecule has 2 unspecified atom stereocenters. The first-order chi connectivity index (χ1) is 19.4. The maximum atomic E-state index is 14.1. The summed E-state index contributed by atoms with van der Waals surface area (Å²) in [5.74, 6) is -0.753. The third-order valence-corrected chi connectivity index (χ3v) is 7.37. The number of alkyl carbamates (subject to hydrolysis) is 1. The Morgan fingerprint density at radius 2 is 1.66 bits per heavy atom. The molecule has 0 radical (unpaired) electrons. The van der Waals surface area contributed by atoms with Crippen LogP contribution in [-0.4, -0.2) is 46.7 Å². The lowest BCUT2D eigenvalue weighted by Crippen LogP contribution is -2.53. The maximum absolute atomic E-state index is 14.1. The number of ether oxygens (including phenoxy) is 1. The number of amides is 3. The topological polar surface area (TPSA) is 87.7 Å². The van der Waals surface area contributed by atoms with Gasteiger partial charge in [0.15, 0.2) is 0 Å². The van der Waals surface area contributed by atoms with E-state index in [0.717, 1.165) is 43.2 Å². The molecule has 3 amide bonds. The highest BCUT2D eigenvalue weighted by atomic mass is 35.5. The third-order valence-electron chi connectivity index (χ3n) is 6.69. The molecule has 2 aromatic rings. The Hall–Kier alpha value is -2.71. The van der Waals surface area contributed by atoms with Crippen LogP contribution in [0.4, 0.5) is 10.5 Å². The smallest absolute Gasteiger partial charge is 0.408 e. The van der Waals surface area contributed by atoms with Gasteiger partial charge in [0.2, 0.25) is 5.91 Å². The summed E-state index contributed by atoms with van der Waals surface area (Å²) in [6.07, 6.45) is 4.98. The Balaban J connectivity index is 2.52. The van der Waals surface area contributed by atoms with E-state index in [-0.39, 0.29) is 11.7 Å². The van der Waals surface area contributed by atoms with Crippen LogP contribution >= 0.6 is 24.2 Å². The van der Waals surface area contributed by atoms with Gasteiger partial charge in [0, 0.05) is 12.3 Å². The second-order valence-corrected chi connectivity index (χ2v) is 12.0. The van der Waals surface area contributed by atoms with Crippen LogP contribution in [0.2, 0.25) is 5.02 Å². The van der Waals surface area contributed by atoms with E-state index in [1.165, 1.54) is 0 Å². The monoisotopic (exact) mass is 603 g/mol. The first-order valence-electron chi connectivity index (χ1n) is 14.5. The summed E-state index contributed by atoms with van der Waals surface area (Å²) in [4.78, 5) is 42.4. The number of hydrogen-bond donors (Lipinski definition) is 3. The molecule has 0 saturated carbocycles. The van der Waals surface area contributed by atoms with Gasteiger partial charge in [0.05, 0.1) is 10.7 Å². The van der Waals surface area contributed by atoms with Crippen molar-refractivity contribution in [1.82, 2.24) is 10.2 Å². The van der Waals surface area contributed by atoms with Crippen LogP contribution in [0.1, 0.15) is 89.5 Å². The number of para-hydroxylation sites is 1. The fraction of sp³-hybridized carbons (Fsp3) is 0.531. The zero-order chi connectivity index (χ0) is 30.6. The number of nitrogens with zero attached hydrogens (tertiary/aromatic N) is 1. The highest BCUT2D eigenvalue weighted by Gasteiger charge is 2.36. The molecular formula is C32H46ClN3O4S. The van der Waals surface area contributed by atoms with Crippen molar-refractivity contribution in [2.45, 2.75) is 97.8 Å². The first-order valence-corrected chi connectivity index (χ1v) is 15.5. The fourth-order valence-electron chi connectivity index (χ4n) is 4.48. The molecule has 7 nitrogen and oxygen atoms in total. The molecule has 0 heterocycles. The summed E-state index contributed by atoms with van der Waals surface area (Å²) in [6.45, 7) is 11.7. The zero-order valence-corrected chi connectivity index (χ0v) is 26.9. The summed E-state index contributed by atoms with van der Waals surface area (Å²) in [5.41, 5.74) is 2.36. The van der Waals surface area contributed by atoms with Gasteiger partial charge in [-0.15, -0.1) is 0 Å². The summed E-state index contributed by atoms with van der Waals surface area (Å²) in [5, 5.41) is 6.06. The van der Waals surface area contributed by atoms with E-state index >= 15 is 0 Å². The van der Waals surface area contributed by atoms with Crippen molar-refractivity contribution < 1.29 is 19.1 Å². The van der Waals surface area contributed by atoms with Gasteiger partial charge in [-0.3, -0.25) is 9.59 Å². The summed E-state index contributed by atoms with van der Waals surface area (Å²) in [7, 11) is 0. The molecule has 2 rings (SSSR count). The average Bonchev–Trinajstić information content (AvgIpc) is 2.92. The number of anilines is 1. The number of benzene rings is 2. The zero-order valence-electron chi connectivity index (χ0n) is 25.3. The van der Waals surface area contributed by atoms with Crippen molar-refractivity contribution in [1.29, 1.82) is 0 Å². The van der Waals surface area contributed by atoms with Crippen molar-refractivity contribution in [3.05, 3.63) is 64.2 Å². The van der Waals surface area contributed by atoms with Crippen LogP contribution in [0.25, 0.3) is 0 Å². The summed E-state index contributed by atoms with van der Waals surface area (Å²) in [6, 6.07) is 11.2. The van der Waals surface area contributed by atoms with Crippen molar-refractivity contribution in [2.24, 2.45) is 0 Å². The van der Waals surface area contributed by atoms with Gasteiger partial charge in [-0.2, -0.15) is 12.6 Å². The molecule has 0 aliphatic carbocycles. The van der Waals surface area contributed by atoms with Gasteiger partial charge >= 0.3 is 6.09 Å². The molecule has 226 valence electrons. The van der Waals surface area contributed by atoms with Crippen LogP contribution in [0, 0.1) is 6.92 Å². The van der Waals surface area contributed by atoms with Crippen LogP contribution in [0.3, 0.4) is 0 Å².